The largest absolute Gasteiger partial charge is 0.354 e. The zero-order valence-electron chi connectivity index (χ0n) is 13.8. The summed E-state index contributed by atoms with van der Waals surface area (Å²) >= 11 is 0. The number of anilines is 1. The van der Waals surface area contributed by atoms with Crippen molar-refractivity contribution in [1.29, 1.82) is 0 Å². The van der Waals surface area contributed by atoms with Crippen LogP contribution in [-0.2, 0) is 11.3 Å². The lowest BCUT2D eigenvalue weighted by Gasteiger charge is -2.21. The first-order chi connectivity index (χ1) is 9.90. The maximum absolute atomic E-state index is 11.9. The van der Waals surface area contributed by atoms with E-state index in [9.17, 15) is 4.79 Å². The molecule has 5 heteroatoms. The van der Waals surface area contributed by atoms with Gasteiger partial charge in [-0.25, -0.2) is 4.98 Å². The fourth-order valence-corrected chi connectivity index (χ4v) is 1.89. The van der Waals surface area contributed by atoms with Crippen molar-refractivity contribution in [1.82, 2.24) is 15.6 Å². The lowest BCUT2D eigenvalue weighted by molar-refractivity contribution is -0.119. The molecular formula is C16H28N4O. The molecule has 2 N–H and O–H groups in total. The van der Waals surface area contributed by atoms with Crippen LogP contribution in [0.3, 0.4) is 0 Å². The van der Waals surface area contributed by atoms with E-state index in [0.717, 1.165) is 17.9 Å². The van der Waals surface area contributed by atoms with Crippen molar-refractivity contribution >= 4 is 11.7 Å². The number of amides is 1. The second kappa shape index (κ2) is 8.62. The molecule has 0 unspecified atom stereocenters. The number of likely N-dealkylation sites (N-methyl/N-ethyl adjacent to an activating group) is 1. The van der Waals surface area contributed by atoms with E-state index in [1.54, 1.807) is 6.20 Å². The number of nitrogens with one attached hydrogen (secondary N) is 2. The highest BCUT2D eigenvalue weighted by Crippen LogP contribution is 2.15. The molecule has 0 aliphatic heterocycles. The number of hydrogen-bond donors (Lipinski definition) is 2. The molecule has 0 radical (unpaired) electrons. The monoisotopic (exact) mass is 292 g/mol. The van der Waals surface area contributed by atoms with Gasteiger partial charge in [0.2, 0.25) is 5.91 Å². The molecule has 118 valence electrons. The Balaban J connectivity index is 2.64. The van der Waals surface area contributed by atoms with Gasteiger partial charge in [-0.05, 0) is 12.0 Å². The van der Waals surface area contributed by atoms with Crippen LogP contribution < -0.4 is 15.5 Å². The molecule has 0 aliphatic carbocycles. The van der Waals surface area contributed by atoms with Gasteiger partial charge in [0.1, 0.15) is 5.82 Å². The second-order valence-corrected chi connectivity index (χ2v) is 6.08. The standard InChI is InChI=1S/C16H28N4O/c1-12(2)9-19-15(21)11-20(5)16-14(7-6-8-17-16)10-18-13(3)4/h6-8,12-13,18H,9-11H2,1-5H3,(H,19,21). The van der Waals surface area contributed by atoms with Crippen molar-refractivity contribution in [3.05, 3.63) is 23.9 Å². The maximum atomic E-state index is 11.9. The van der Waals surface area contributed by atoms with Crippen LogP contribution in [0.25, 0.3) is 0 Å². The average molecular weight is 292 g/mol. The molecule has 1 heterocycles. The average Bonchev–Trinajstić information content (AvgIpc) is 2.43. The lowest BCUT2D eigenvalue weighted by atomic mass is 10.2. The molecule has 0 saturated carbocycles. The number of carbonyl (C=O) groups is 1. The van der Waals surface area contributed by atoms with Gasteiger partial charge in [-0.3, -0.25) is 4.79 Å². The van der Waals surface area contributed by atoms with Gasteiger partial charge in [-0.2, -0.15) is 0 Å². The lowest BCUT2D eigenvalue weighted by Crippen LogP contribution is -2.37. The van der Waals surface area contributed by atoms with E-state index >= 15 is 0 Å². The first kappa shape index (κ1) is 17.4. The molecule has 0 atom stereocenters. The van der Waals surface area contributed by atoms with Gasteiger partial charge in [0.25, 0.3) is 0 Å². The molecule has 0 aliphatic rings. The minimum Gasteiger partial charge on any atom is -0.354 e. The summed E-state index contributed by atoms with van der Waals surface area (Å²) < 4.78 is 0. The Morgan fingerprint density at radius 1 is 1.33 bits per heavy atom. The van der Waals surface area contributed by atoms with Gasteiger partial charge >= 0.3 is 0 Å². The molecule has 1 aromatic rings. The molecule has 0 aromatic carbocycles. The predicted octanol–water partition coefficient (Wildman–Crippen LogP) is 1.79. The molecular weight excluding hydrogens is 264 g/mol. The summed E-state index contributed by atoms with van der Waals surface area (Å²) in [6.07, 6.45) is 1.76. The topological polar surface area (TPSA) is 57.3 Å². The van der Waals surface area contributed by atoms with Crippen LogP contribution in [0.5, 0.6) is 0 Å². The zero-order chi connectivity index (χ0) is 15.8. The molecule has 0 spiro atoms. The van der Waals surface area contributed by atoms with Crippen molar-refractivity contribution in [3.8, 4) is 0 Å². The summed E-state index contributed by atoms with van der Waals surface area (Å²) in [5, 5.41) is 6.31. The van der Waals surface area contributed by atoms with E-state index in [4.69, 9.17) is 0 Å². The van der Waals surface area contributed by atoms with Crippen LogP contribution in [0.1, 0.15) is 33.3 Å². The summed E-state index contributed by atoms with van der Waals surface area (Å²) in [5.41, 5.74) is 1.10. The molecule has 0 bridgehead atoms. The van der Waals surface area contributed by atoms with Crippen LogP contribution in [0, 0.1) is 5.92 Å². The quantitative estimate of drug-likeness (QED) is 0.767. The highest BCUT2D eigenvalue weighted by molar-refractivity contribution is 5.81. The Kier molecular flexibility index (Phi) is 7.15. The van der Waals surface area contributed by atoms with E-state index in [2.05, 4.69) is 43.3 Å². The third kappa shape index (κ3) is 6.58. The van der Waals surface area contributed by atoms with E-state index in [1.165, 1.54) is 0 Å². The van der Waals surface area contributed by atoms with E-state index in [-0.39, 0.29) is 5.91 Å². The van der Waals surface area contributed by atoms with Crippen LogP contribution in [-0.4, -0.2) is 37.1 Å². The predicted molar refractivity (Wildman–Crippen MR) is 87.3 cm³/mol. The fourth-order valence-electron chi connectivity index (χ4n) is 1.89. The number of rotatable bonds is 8. The first-order valence-corrected chi connectivity index (χ1v) is 7.55. The normalized spacial score (nSPS) is 11.0. The second-order valence-electron chi connectivity index (χ2n) is 6.08. The van der Waals surface area contributed by atoms with Crippen molar-refractivity contribution < 1.29 is 4.79 Å². The summed E-state index contributed by atoms with van der Waals surface area (Å²) in [7, 11) is 1.90. The van der Waals surface area contributed by atoms with Gasteiger partial charge in [-0.15, -0.1) is 0 Å². The molecule has 5 nitrogen and oxygen atoms in total. The Bertz CT molecular complexity index is 446. The Hall–Kier alpha value is -1.62. The number of carbonyl (C=O) groups excluding carboxylic acids is 1. The van der Waals surface area contributed by atoms with Crippen molar-refractivity contribution in [2.24, 2.45) is 5.92 Å². The summed E-state index contributed by atoms with van der Waals surface area (Å²) in [6, 6.07) is 4.38. The van der Waals surface area contributed by atoms with Crippen LogP contribution in [0.15, 0.2) is 18.3 Å². The molecule has 0 saturated heterocycles. The minimum absolute atomic E-state index is 0.0274. The highest BCUT2D eigenvalue weighted by atomic mass is 16.2. The van der Waals surface area contributed by atoms with Gasteiger partial charge in [0.05, 0.1) is 6.54 Å². The maximum Gasteiger partial charge on any atom is 0.239 e. The van der Waals surface area contributed by atoms with E-state index < -0.39 is 0 Å². The van der Waals surface area contributed by atoms with Crippen LogP contribution in [0.4, 0.5) is 5.82 Å². The number of nitrogens with zero attached hydrogens (tertiary/aromatic N) is 2. The SMILES string of the molecule is CC(C)CNC(=O)CN(C)c1ncccc1CNC(C)C. The molecule has 1 rings (SSSR count). The fraction of sp³-hybridized carbons (Fsp3) is 0.625. The minimum atomic E-state index is 0.0274. The van der Waals surface area contributed by atoms with Crippen LogP contribution >= 0.6 is 0 Å². The number of hydrogen-bond acceptors (Lipinski definition) is 4. The highest BCUT2D eigenvalue weighted by Gasteiger charge is 2.12. The number of aromatic nitrogens is 1. The van der Waals surface area contributed by atoms with Gasteiger partial charge in [-0.1, -0.05) is 33.8 Å². The zero-order valence-corrected chi connectivity index (χ0v) is 13.8. The third-order valence-corrected chi connectivity index (χ3v) is 3.02. The molecule has 1 aromatic heterocycles. The van der Waals surface area contributed by atoms with Gasteiger partial charge < -0.3 is 15.5 Å². The third-order valence-electron chi connectivity index (χ3n) is 3.02. The molecule has 21 heavy (non-hydrogen) atoms. The van der Waals surface area contributed by atoms with E-state index in [0.29, 0.717) is 25.0 Å². The van der Waals surface area contributed by atoms with Crippen LogP contribution in [0.2, 0.25) is 0 Å². The van der Waals surface area contributed by atoms with Crippen molar-refractivity contribution in [3.63, 3.8) is 0 Å². The Labute approximate surface area is 128 Å². The Morgan fingerprint density at radius 2 is 2.05 bits per heavy atom. The molecule has 0 fully saturated rings. The molecule has 1 amide bonds. The van der Waals surface area contributed by atoms with Gasteiger partial charge in [0, 0.05) is 37.9 Å². The summed E-state index contributed by atoms with van der Waals surface area (Å²) in [6.45, 7) is 10.2. The van der Waals surface area contributed by atoms with Crippen molar-refractivity contribution in [2.75, 3.05) is 25.0 Å². The van der Waals surface area contributed by atoms with E-state index in [1.807, 2.05) is 24.1 Å². The number of pyridine rings is 1. The Morgan fingerprint density at radius 3 is 2.67 bits per heavy atom. The van der Waals surface area contributed by atoms with Gasteiger partial charge in [0.15, 0.2) is 0 Å². The summed E-state index contributed by atoms with van der Waals surface area (Å²) in [4.78, 5) is 18.2. The smallest absolute Gasteiger partial charge is 0.239 e. The first-order valence-electron chi connectivity index (χ1n) is 7.55. The van der Waals surface area contributed by atoms with Crippen molar-refractivity contribution in [2.45, 2.75) is 40.3 Å². The summed E-state index contributed by atoms with van der Waals surface area (Å²) in [5.74, 6) is 1.34.